The highest BCUT2D eigenvalue weighted by molar-refractivity contribution is 5.83. The second kappa shape index (κ2) is 6.64. The zero-order chi connectivity index (χ0) is 9.40. The van der Waals surface area contributed by atoms with E-state index in [1.54, 1.807) is 7.05 Å². The van der Waals surface area contributed by atoms with Crippen molar-refractivity contribution in [1.82, 2.24) is 10.6 Å². The SMILES string of the molecule is CCCC[C@H](NC=O)C(=O)NC. The van der Waals surface area contributed by atoms with E-state index >= 15 is 0 Å². The van der Waals surface area contributed by atoms with Crippen molar-refractivity contribution in [3.05, 3.63) is 0 Å². The van der Waals surface area contributed by atoms with Crippen molar-refractivity contribution in [2.24, 2.45) is 0 Å². The van der Waals surface area contributed by atoms with Crippen molar-refractivity contribution in [3.63, 3.8) is 0 Å². The molecule has 2 N–H and O–H groups in total. The molecule has 1 atom stereocenters. The number of hydrogen-bond donors (Lipinski definition) is 2. The highest BCUT2D eigenvalue weighted by Crippen LogP contribution is 1.99. The van der Waals surface area contributed by atoms with Gasteiger partial charge in [-0.05, 0) is 6.42 Å². The van der Waals surface area contributed by atoms with Crippen LogP contribution in [0.15, 0.2) is 0 Å². The molecule has 4 heteroatoms. The molecule has 0 aliphatic rings. The van der Waals surface area contributed by atoms with Crippen LogP contribution < -0.4 is 10.6 Å². The maximum absolute atomic E-state index is 11.1. The number of rotatable bonds is 6. The third-order valence-electron chi connectivity index (χ3n) is 1.68. The van der Waals surface area contributed by atoms with Gasteiger partial charge in [0.1, 0.15) is 6.04 Å². The topological polar surface area (TPSA) is 58.2 Å². The summed E-state index contributed by atoms with van der Waals surface area (Å²) in [7, 11) is 1.56. The quantitative estimate of drug-likeness (QED) is 0.556. The zero-order valence-electron chi connectivity index (χ0n) is 7.59. The van der Waals surface area contributed by atoms with E-state index in [-0.39, 0.29) is 11.9 Å². The summed E-state index contributed by atoms with van der Waals surface area (Å²) in [6, 6.07) is -0.368. The minimum absolute atomic E-state index is 0.129. The van der Waals surface area contributed by atoms with Gasteiger partial charge in [0, 0.05) is 7.05 Å². The van der Waals surface area contributed by atoms with Crippen LogP contribution in [0.2, 0.25) is 0 Å². The van der Waals surface area contributed by atoms with Crippen LogP contribution in [0, 0.1) is 0 Å². The summed E-state index contributed by atoms with van der Waals surface area (Å²) in [5.41, 5.74) is 0. The predicted molar refractivity (Wildman–Crippen MR) is 46.6 cm³/mol. The van der Waals surface area contributed by atoms with Gasteiger partial charge in [0.15, 0.2) is 0 Å². The van der Waals surface area contributed by atoms with Crippen LogP contribution in [0.25, 0.3) is 0 Å². The van der Waals surface area contributed by atoms with Gasteiger partial charge in [-0.3, -0.25) is 9.59 Å². The number of carbonyl (C=O) groups is 2. The van der Waals surface area contributed by atoms with Gasteiger partial charge < -0.3 is 10.6 Å². The number of amides is 2. The molecule has 0 aromatic heterocycles. The molecule has 0 bridgehead atoms. The fourth-order valence-corrected chi connectivity index (χ4v) is 0.955. The van der Waals surface area contributed by atoms with E-state index in [1.165, 1.54) is 0 Å². The molecule has 0 saturated carbocycles. The van der Waals surface area contributed by atoms with E-state index < -0.39 is 0 Å². The van der Waals surface area contributed by atoms with E-state index in [0.717, 1.165) is 12.8 Å². The first-order chi connectivity index (χ1) is 5.76. The monoisotopic (exact) mass is 172 g/mol. The van der Waals surface area contributed by atoms with Crippen LogP contribution >= 0.6 is 0 Å². The fraction of sp³-hybridized carbons (Fsp3) is 0.750. The second-order valence-electron chi connectivity index (χ2n) is 2.59. The fourth-order valence-electron chi connectivity index (χ4n) is 0.955. The lowest BCUT2D eigenvalue weighted by molar-refractivity contribution is -0.125. The van der Waals surface area contributed by atoms with Crippen molar-refractivity contribution in [2.75, 3.05) is 7.05 Å². The smallest absolute Gasteiger partial charge is 0.242 e. The Morgan fingerprint density at radius 2 is 2.25 bits per heavy atom. The lowest BCUT2D eigenvalue weighted by Crippen LogP contribution is -2.42. The molecule has 0 fully saturated rings. The Hall–Kier alpha value is -1.06. The molecule has 0 heterocycles. The highest BCUT2D eigenvalue weighted by Gasteiger charge is 2.14. The first kappa shape index (κ1) is 10.9. The Kier molecular flexibility index (Phi) is 6.05. The first-order valence-corrected chi connectivity index (χ1v) is 4.17. The van der Waals surface area contributed by atoms with Crippen LogP contribution in [-0.4, -0.2) is 25.4 Å². The van der Waals surface area contributed by atoms with Gasteiger partial charge in [-0.15, -0.1) is 0 Å². The van der Waals surface area contributed by atoms with Gasteiger partial charge in [-0.1, -0.05) is 19.8 Å². The third-order valence-corrected chi connectivity index (χ3v) is 1.68. The number of carbonyl (C=O) groups excluding carboxylic acids is 2. The minimum Gasteiger partial charge on any atom is -0.357 e. The number of hydrogen-bond acceptors (Lipinski definition) is 2. The van der Waals surface area contributed by atoms with Gasteiger partial charge in [0.2, 0.25) is 12.3 Å². The van der Waals surface area contributed by atoms with Crippen LogP contribution in [-0.2, 0) is 9.59 Å². The average Bonchev–Trinajstić information content (AvgIpc) is 2.11. The molecule has 4 nitrogen and oxygen atoms in total. The van der Waals surface area contributed by atoms with Crippen LogP contribution in [0.1, 0.15) is 26.2 Å². The normalized spacial score (nSPS) is 11.8. The molecule has 2 amide bonds. The Morgan fingerprint density at radius 1 is 1.58 bits per heavy atom. The summed E-state index contributed by atoms with van der Waals surface area (Å²) in [5, 5.41) is 4.97. The van der Waals surface area contributed by atoms with Crippen LogP contribution in [0.3, 0.4) is 0 Å². The predicted octanol–water partition coefficient (Wildman–Crippen LogP) is 0.0372. The Balaban J connectivity index is 3.84. The molecule has 0 spiro atoms. The molecule has 0 unspecified atom stereocenters. The van der Waals surface area contributed by atoms with Gasteiger partial charge in [-0.2, -0.15) is 0 Å². The third kappa shape index (κ3) is 3.95. The summed E-state index contributed by atoms with van der Waals surface area (Å²) in [6.07, 6.45) is 3.23. The number of unbranched alkanes of at least 4 members (excludes halogenated alkanes) is 1. The van der Waals surface area contributed by atoms with Crippen molar-refractivity contribution in [1.29, 1.82) is 0 Å². The molecule has 12 heavy (non-hydrogen) atoms. The molecular weight excluding hydrogens is 156 g/mol. The van der Waals surface area contributed by atoms with E-state index in [4.69, 9.17) is 0 Å². The molecule has 0 aromatic carbocycles. The molecule has 0 saturated heterocycles. The Morgan fingerprint density at radius 3 is 2.67 bits per heavy atom. The molecule has 0 rings (SSSR count). The Bertz CT molecular complexity index is 148. The van der Waals surface area contributed by atoms with Gasteiger partial charge in [0.05, 0.1) is 0 Å². The summed E-state index contributed by atoms with van der Waals surface area (Å²) in [5.74, 6) is -0.129. The molecular formula is C8H16N2O2. The van der Waals surface area contributed by atoms with Gasteiger partial charge >= 0.3 is 0 Å². The van der Waals surface area contributed by atoms with Crippen molar-refractivity contribution in [3.8, 4) is 0 Å². The standard InChI is InChI=1S/C8H16N2O2/c1-3-4-5-7(10-6-11)8(12)9-2/h6-7H,3-5H2,1-2H3,(H,9,12)(H,10,11)/t7-/m0/s1. The summed E-state index contributed by atoms with van der Waals surface area (Å²) in [4.78, 5) is 21.2. The summed E-state index contributed by atoms with van der Waals surface area (Å²) < 4.78 is 0. The van der Waals surface area contributed by atoms with E-state index in [1.807, 2.05) is 6.92 Å². The summed E-state index contributed by atoms with van der Waals surface area (Å²) >= 11 is 0. The Labute approximate surface area is 72.7 Å². The largest absolute Gasteiger partial charge is 0.357 e. The van der Waals surface area contributed by atoms with Crippen molar-refractivity contribution < 1.29 is 9.59 Å². The van der Waals surface area contributed by atoms with Gasteiger partial charge in [-0.25, -0.2) is 0 Å². The molecule has 0 aromatic rings. The number of likely N-dealkylation sites (N-methyl/N-ethyl adjacent to an activating group) is 1. The van der Waals surface area contributed by atoms with E-state index in [9.17, 15) is 9.59 Å². The van der Waals surface area contributed by atoms with E-state index in [2.05, 4.69) is 10.6 Å². The van der Waals surface area contributed by atoms with Crippen molar-refractivity contribution in [2.45, 2.75) is 32.2 Å². The first-order valence-electron chi connectivity index (χ1n) is 4.17. The maximum atomic E-state index is 11.1. The maximum Gasteiger partial charge on any atom is 0.242 e. The van der Waals surface area contributed by atoms with E-state index in [0.29, 0.717) is 12.8 Å². The summed E-state index contributed by atoms with van der Waals surface area (Å²) in [6.45, 7) is 2.04. The average molecular weight is 172 g/mol. The van der Waals surface area contributed by atoms with Crippen LogP contribution in [0.5, 0.6) is 0 Å². The highest BCUT2D eigenvalue weighted by atomic mass is 16.2. The lowest BCUT2D eigenvalue weighted by atomic mass is 10.1. The van der Waals surface area contributed by atoms with Gasteiger partial charge in [0.25, 0.3) is 0 Å². The minimum atomic E-state index is -0.368. The number of nitrogens with one attached hydrogen (secondary N) is 2. The molecule has 0 radical (unpaired) electrons. The van der Waals surface area contributed by atoms with Crippen LogP contribution in [0.4, 0.5) is 0 Å². The molecule has 70 valence electrons. The molecule has 0 aliphatic carbocycles. The van der Waals surface area contributed by atoms with Crippen molar-refractivity contribution >= 4 is 12.3 Å². The molecule has 0 aliphatic heterocycles. The second-order valence-corrected chi connectivity index (χ2v) is 2.59. The lowest BCUT2D eigenvalue weighted by Gasteiger charge is -2.13. The zero-order valence-corrected chi connectivity index (χ0v) is 7.59.